The summed E-state index contributed by atoms with van der Waals surface area (Å²) in [6.07, 6.45) is 0.107. The van der Waals surface area contributed by atoms with Gasteiger partial charge >= 0.3 is 5.97 Å². The average Bonchev–Trinajstić information content (AvgIpc) is 2.91. The predicted molar refractivity (Wildman–Crippen MR) is 68.0 cm³/mol. The third-order valence-corrected chi connectivity index (χ3v) is 2.59. The number of rotatable bonds is 5. The predicted octanol–water partition coefficient (Wildman–Crippen LogP) is 0.705. The Labute approximate surface area is 109 Å². The minimum atomic E-state index is -1.01. The van der Waals surface area contributed by atoms with Crippen molar-refractivity contribution >= 4 is 11.7 Å². The van der Waals surface area contributed by atoms with Gasteiger partial charge in [0.1, 0.15) is 0 Å². The molecule has 2 rings (SSSR count). The van der Waals surface area contributed by atoms with Crippen molar-refractivity contribution < 1.29 is 9.90 Å². The number of hydrogen-bond acceptors (Lipinski definition) is 5. The van der Waals surface area contributed by atoms with Crippen LogP contribution in [0.3, 0.4) is 0 Å². The summed E-state index contributed by atoms with van der Waals surface area (Å²) in [6.45, 7) is 1.78. The summed E-state index contributed by atoms with van der Waals surface area (Å²) in [5, 5.41) is 22.3. The van der Waals surface area contributed by atoms with Crippen LogP contribution in [0.4, 0.5) is 0 Å². The van der Waals surface area contributed by atoms with Gasteiger partial charge in [-0.25, -0.2) is 4.79 Å². The van der Waals surface area contributed by atoms with E-state index in [9.17, 15) is 9.90 Å². The van der Waals surface area contributed by atoms with Gasteiger partial charge in [-0.2, -0.15) is 5.21 Å². The Morgan fingerprint density at radius 1 is 1.42 bits per heavy atom. The number of nitrogens with zero attached hydrogens (tertiary/aromatic N) is 4. The summed E-state index contributed by atoms with van der Waals surface area (Å²) in [6, 6.07) is 8.49. The molecule has 1 aromatic carbocycles. The smallest absolute Gasteiger partial charge is 0.328 e. The van der Waals surface area contributed by atoms with Crippen molar-refractivity contribution in [3.63, 3.8) is 0 Å². The average molecular weight is 259 g/mol. The normalized spacial score (nSPS) is 13.2. The first-order chi connectivity index (χ1) is 9.16. The Morgan fingerprint density at radius 2 is 2.16 bits per heavy atom. The number of H-pyrrole nitrogens is 1. The standard InChI is InChI=1S/C12H13N5O2/c1-8(9-5-3-2-4-6-9)13-10(12(18)19)7-11-14-16-17-15-11/h2-6,10H,7H2,1H3,(H,18,19)(H,14,15,16,17)/t10-/m0/s1. The molecule has 1 heterocycles. The number of aliphatic carboxylic acids is 1. The van der Waals surface area contributed by atoms with Gasteiger partial charge in [0.25, 0.3) is 0 Å². The molecule has 19 heavy (non-hydrogen) atoms. The van der Waals surface area contributed by atoms with Gasteiger partial charge in [0, 0.05) is 12.1 Å². The van der Waals surface area contributed by atoms with Gasteiger partial charge < -0.3 is 5.11 Å². The first kappa shape index (κ1) is 12.9. The topological polar surface area (TPSA) is 104 Å². The van der Waals surface area contributed by atoms with Crippen LogP contribution in [-0.4, -0.2) is 43.5 Å². The maximum Gasteiger partial charge on any atom is 0.328 e. The zero-order chi connectivity index (χ0) is 13.7. The highest BCUT2D eigenvalue weighted by molar-refractivity contribution is 5.99. The van der Waals surface area contributed by atoms with Crippen LogP contribution in [0, 0.1) is 0 Å². The molecule has 0 radical (unpaired) electrons. The molecule has 0 saturated heterocycles. The van der Waals surface area contributed by atoms with E-state index in [4.69, 9.17) is 0 Å². The SMILES string of the molecule is CC(=N[C@@H](Cc1nn[nH]n1)C(=O)O)c1ccccc1. The Bertz CT molecular complexity index is 565. The van der Waals surface area contributed by atoms with Gasteiger partial charge in [0.2, 0.25) is 0 Å². The van der Waals surface area contributed by atoms with Crippen LogP contribution in [0.25, 0.3) is 0 Å². The van der Waals surface area contributed by atoms with Gasteiger partial charge in [-0.1, -0.05) is 35.5 Å². The number of carbonyl (C=O) groups is 1. The second kappa shape index (κ2) is 5.85. The molecule has 0 unspecified atom stereocenters. The van der Waals surface area contributed by atoms with Crippen molar-refractivity contribution in [2.75, 3.05) is 0 Å². The van der Waals surface area contributed by atoms with Crippen LogP contribution < -0.4 is 0 Å². The van der Waals surface area contributed by atoms with E-state index >= 15 is 0 Å². The van der Waals surface area contributed by atoms with Gasteiger partial charge in [-0.05, 0) is 12.5 Å². The highest BCUT2D eigenvalue weighted by atomic mass is 16.4. The molecule has 2 aromatic rings. The summed E-state index contributed by atoms with van der Waals surface area (Å²) in [5.41, 5.74) is 1.55. The van der Waals surface area contributed by atoms with Gasteiger partial charge in [-0.15, -0.1) is 10.2 Å². The maximum atomic E-state index is 11.2. The molecule has 0 saturated carbocycles. The van der Waals surface area contributed by atoms with Gasteiger partial charge in [0.15, 0.2) is 11.9 Å². The quantitative estimate of drug-likeness (QED) is 0.769. The molecule has 0 bridgehead atoms. The second-order valence-corrected chi connectivity index (χ2v) is 3.97. The molecule has 7 nitrogen and oxygen atoms in total. The Balaban J connectivity index is 2.18. The molecular formula is C12H13N5O2. The zero-order valence-electron chi connectivity index (χ0n) is 10.3. The lowest BCUT2D eigenvalue weighted by Gasteiger charge is -2.07. The Hall–Kier alpha value is -2.57. The van der Waals surface area contributed by atoms with Crippen molar-refractivity contribution in [3.8, 4) is 0 Å². The molecule has 0 aliphatic rings. The van der Waals surface area contributed by atoms with Crippen molar-refractivity contribution in [1.82, 2.24) is 20.6 Å². The summed E-state index contributed by atoms with van der Waals surface area (Å²) in [4.78, 5) is 15.4. The number of aliphatic imine (C=N–C) groups is 1. The van der Waals surface area contributed by atoms with Crippen molar-refractivity contribution in [2.45, 2.75) is 19.4 Å². The van der Waals surface area contributed by atoms with E-state index in [1.165, 1.54) is 0 Å². The lowest BCUT2D eigenvalue weighted by molar-refractivity contribution is -0.138. The molecule has 7 heteroatoms. The number of aromatic amines is 1. The van der Waals surface area contributed by atoms with Crippen LogP contribution in [0.5, 0.6) is 0 Å². The number of hydrogen-bond donors (Lipinski definition) is 2. The first-order valence-electron chi connectivity index (χ1n) is 5.72. The van der Waals surface area contributed by atoms with Crippen LogP contribution in [0.2, 0.25) is 0 Å². The van der Waals surface area contributed by atoms with Crippen LogP contribution in [0.15, 0.2) is 35.3 Å². The summed E-state index contributed by atoms with van der Waals surface area (Å²) in [7, 11) is 0. The van der Waals surface area contributed by atoms with E-state index in [0.717, 1.165) is 5.56 Å². The molecule has 1 atom stereocenters. The minimum absolute atomic E-state index is 0.107. The van der Waals surface area contributed by atoms with E-state index in [0.29, 0.717) is 11.5 Å². The Kier molecular flexibility index (Phi) is 3.97. The molecule has 0 aliphatic heterocycles. The second-order valence-electron chi connectivity index (χ2n) is 3.97. The number of carboxylic acid groups (broad SMARTS) is 1. The van der Waals surface area contributed by atoms with Crippen LogP contribution in [0.1, 0.15) is 18.3 Å². The maximum absolute atomic E-state index is 11.2. The van der Waals surface area contributed by atoms with Crippen molar-refractivity contribution in [2.24, 2.45) is 4.99 Å². The highest BCUT2D eigenvalue weighted by Crippen LogP contribution is 2.06. The fraction of sp³-hybridized carbons (Fsp3) is 0.250. The summed E-state index contributed by atoms with van der Waals surface area (Å²) in [5.74, 6) is -0.683. The fourth-order valence-corrected chi connectivity index (χ4v) is 1.62. The zero-order valence-corrected chi connectivity index (χ0v) is 10.3. The van der Waals surface area contributed by atoms with Crippen LogP contribution >= 0.6 is 0 Å². The largest absolute Gasteiger partial charge is 0.480 e. The van der Waals surface area contributed by atoms with Crippen molar-refractivity contribution in [3.05, 3.63) is 41.7 Å². The lowest BCUT2D eigenvalue weighted by atomic mass is 10.1. The molecule has 0 fully saturated rings. The van der Waals surface area contributed by atoms with Gasteiger partial charge in [0.05, 0.1) is 0 Å². The minimum Gasteiger partial charge on any atom is -0.480 e. The summed E-state index contributed by atoms with van der Waals surface area (Å²) >= 11 is 0. The molecule has 2 N–H and O–H groups in total. The summed E-state index contributed by atoms with van der Waals surface area (Å²) < 4.78 is 0. The number of tetrazole rings is 1. The fourth-order valence-electron chi connectivity index (χ4n) is 1.62. The molecule has 0 amide bonds. The molecule has 0 spiro atoms. The number of aromatic nitrogens is 4. The Morgan fingerprint density at radius 3 is 2.74 bits per heavy atom. The van der Waals surface area contributed by atoms with E-state index in [2.05, 4.69) is 25.6 Å². The van der Waals surface area contributed by atoms with Crippen molar-refractivity contribution in [1.29, 1.82) is 0 Å². The highest BCUT2D eigenvalue weighted by Gasteiger charge is 2.19. The monoisotopic (exact) mass is 259 g/mol. The van der Waals surface area contributed by atoms with Gasteiger partial charge in [-0.3, -0.25) is 4.99 Å². The number of carboxylic acids is 1. The molecular weight excluding hydrogens is 246 g/mol. The first-order valence-corrected chi connectivity index (χ1v) is 5.72. The number of benzene rings is 1. The van der Waals surface area contributed by atoms with E-state index in [1.807, 2.05) is 30.3 Å². The number of nitrogens with one attached hydrogen (secondary N) is 1. The van der Waals surface area contributed by atoms with Crippen LogP contribution in [-0.2, 0) is 11.2 Å². The third-order valence-electron chi connectivity index (χ3n) is 2.59. The molecule has 98 valence electrons. The molecule has 0 aliphatic carbocycles. The van der Waals surface area contributed by atoms with E-state index in [1.54, 1.807) is 6.92 Å². The molecule has 1 aromatic heterocycles. The van der Waals surface area contributed by atoms with E-state index in [-0.39, 0.29) is 6.42 Å². The van der Waals surface area contributed by atoms with E-state index < -0.39 is 12.0 Å². The third kappa shape index (κ3) is 3.44. The lowest BCUT2D eigenvalue weighted by Crippen LogP contribution is -2.23.